The fraction of sp³-hybridized carbons (Fsp3) is 1.00. The molecule has 0 saturated carbocycles. The molecule has 0 aromatic rings. The minimum absolute atomic E-state index is 0. The van der Waals surface area contributed by atoms with E-state index in [4.69, 9.17) is 5.73 Å². The highest BCUT2D eigenvalue weighted by molar-refractivity contribution is 5.85. The van der Waals surface area contributed by atoms with Gasteiger partial charge in [-0.05, 0) is 32.4 Å². The highest BCUT2D eigenvalue weighted by Crippen LogP contribution is 2.11. The first-order valence-corrected chi connectivity index (χ1v) is 5.06. The molecule has 2 heterocycles. The Labute approximate surface area is 86.4 Å². The molecule has 0 radical (unpaired) electrons. The van der Waals surface area contributed by atoms with Crippen molar-refractivity contribution in [2.24, 2.45) is 5.73 Å². The normalized spacial score (nSPS) is 34.8. The topological polar surface area (TPSA) is 41.3 Å². The van der Waals surface area contributed by atoms with Crippen LogP contribution in [0.15, 0.2) is 0 Å². The van der Waals surface area contributed by atoms with Gasteiger partial charge in [-0.3, -0.25) is 0 Å². The first-order valence-electron chi connectivity index (χ1n) is 5.06. The minimum Gasteiger partial charge on any atom is -0.326 e. The summed E-state index contributed by atoms with van der Waals surface area (Å²) in [6, 6.07) is 1.18. The van der Waals surface area contributed by atoms with Crippen LogP contribution in [0.3, 0.4) is 0 Å². The monoisotopic (exact) mass is 205 g/mol. The van der Waals surface area contributed by atoms with Crippen molar-refractivity contribution in [3.63, 3.8) is 0 Å². The molecule has 2 saturated heterocycles. The van der Waals surface area contributed by atoms with Crippen LogP contribution in [0.2, 0.25) is 0 Å². The van der Waals surface area contributed by atoms with E-state index in [9.17, 15) is 0 Å². The van der Waals surface area contributed by atoms with Gasteiger partial charge in [-0.25, -0.2) is 0 Å². The quantitative estimate of drug-likeness (QED) is 0.677. The molecule has 4 heteroatoms. The zero-order valence-corrected chi connectivity index (χ0v) is 8.85. The molecule has 2 aliphatic heterocycles. The average molecular weight is 206 g/mol. The Morgan fingerprint density at radius 2 is 2.23 bits per heavy atom. The van der Waals surface area contributed by atoms with Crippen LogP contribution in [0, 0.1) is 0 Å². The van der Waals surface area contributed by atoms with Gasteiger partial charge in [-0.1, -0.05) is 0 Å². The molecule has 3 nitrogen and oxygen atoms in total. The second-order valence-corrected chi connectivity index (χ2v) is 4.10. The van der Waals surface area contributed by atoms with Crippen LogP contribution in [0.5, 0.6) is 0 Å². The Morgan fingerprint density at radius 3 is 2.77 bits per heavy atom. The lowest BCUT2D eigenvalue weighted by atomic mass is 10.2. The molecular weight excluding hydrogens is 186 g/mol. The fourth-order valence-corrected chi connectivity index (χ4v) is 2.25. The van der Waals surface area contributed by atoms with Gasteiger partial charge in [-0.15, -0.1) is 12.4 Å². The third-order valence-corrected chi connectivity index (χ3v) is 2.95. The largest absolute Gasteiger partial charge is 0.326 e. The number of nitrogens with one attached hydrogen (secondary N) is 1. The van der Waals surface area contributed by atoms with Gasteiger partial charge in [0, 0.05) is 25.2 Å². The molecule has 2 aliphatic rings. The van der Waals surface area contributed by atoms with Crippen molar-refractivity contribution < 1.29 is 0 Å². The summed E-state index contributed by atoms with van der Waals surface area (Å²) in [6.07, 6.45) is 3.89. The number of rotatable bonds is 2. The smallest absolute Gasteiger partial charge is 0.0195 e. The van der Waals surface area contributed by atoms with E-state index in [0.29, 0.717) is 6.04 Å². The van der Waals surface area contributed by atoms with Gasteiger partial charge in [0.25, 0.3) is 0 Å². The fourth-order valence-electron chi connectivity index (χ4n) is 2.25. The number of nitrogens with two attached hydrogens (primary N) is 1. The lowest BCUT2D eigenvalue weighted by Gasteiger charge is -2.19. The van der Waals surface area contributed by atoms with E-state index in [2.05, 4.69) is 10.2 Å². The summed E-state index contributed by atoms with van der Waals surface area (Å²) in [5.41, 5.74) is 5.84. The molecule has 0 aromatic heterocycles. The predicted octanol–water partition coefficient (Wildman–Crippen LogP) is 0.193. The van der Waals surface area contributed by atoms with E-state index < -0.39 is 0 Å². The lowest BCUT2D eigenvalue weighted by Crippen LogP contribution is -2.37. The molecule has 2 fully saturated rings. The molecule has 2 atom stereocenters. The van der Waals surface area contributed by atoms with Crippen LogP contribution >= 0.6 is 12.4 Å². The summed E-state index contributed by atoms with van der Waals surface area (Å²) in [5, 5.41) is 3.52. The van der Waals surface area contributed by atoms with E-state index in [0.717, 1.165) is 12.6 Å². The second kappa shape index (κ2) is 5.15. The van der Waals surface area contributed by atoms with E-state index in [-0.39, 0.29) is 12.4 Å². The van der Waals surface area contributed by atoms with Crippen molar-refractivity contribution >= 4 is 12.4 Å². The Hall–Kier alpha value is 0.170. The standard InChI is InChI=1S/C9H19N3.ClH/c10-8-3-5-12(6-8)7-9-2-1-4-11-9;/h8-9,11H,1-7,10H2;1H/t8-,9-;/m0./s1. The number of hydrogen-bond donors (Lipinski definition) is 2. The highest BCUT2D eigenvalue weighted by atomic mass is 35.5. The SMILES string of the molecule is Cl.N[C@H]1CCN(C[C@@H]2CCCN2)C1. The van der Waals surface area contributed by atoms with Crippen LogP contribution in [0.4, 0.5) is 0 Å². The second-order valence-electron chi connectivity index (χ2n) is 4.10. The summed E-state index contributed by atoms with van der Waals surface area (Å²) in [7, 11) is 0. The van der Waals surface area contributed by atoms with Gasteiger partial charge < -0.3 is 16.0 Å². The molecular formula is C9H20ClN3. The van der Waals surface area contributed by atoms with Gasteiger partial charge in [-0.2, -0.15) is 0 Å². The molecule has 13 heavy (non-hydrogen) atoms. The van der Waals surface area contributed by atoms with Gasteiger partial charge in [0.05, 0.1) is 0 Å². The molecule has 0 bridgehead atoms. The van der Waals surface area contributed by atoms with Crippen LogP contribution in [-0.2, 0) is 0 Å². The highest BCUT2D eigenvalue weighted by Gasteiger charge is 2.23. The molecule has 0 aromatic carbocycles. The third kappa shape index (κ3) is 3.09. The van der Waals surface area contributed by atoms with Gasteiger partial charge in [0.15, 0.2) is 0 Å². The molecule has 0 spiro atoms. The van der Waals surface area contributed by atoms with Crippen molar-refractivity contribution in [3.05, 3.63) is 0 Å². The maximum absolute atomic E-state index is 5.84. The van der Waals surface area contributed by atoms with Crippen molar-refractivity contribution in [2.45, 2.75) is 31.3 Å². The first-order chi connectivity index (χ1) is 5.84. The van der Waals surface area contributed by atoms with Crippen LogP contribution < -0.4 is 11.1 Å². The number of nitrogens with zero attached hydrogens (tertiary/aromatic N) is 1. The third-order valence-electron chi connectivity index (χ3n) is 2.95. The summed E-state index contributed by atoms with van der Waals surface area (Å²) in [5.74, 6) is 0. The number of likely N-dealkylation sites (tertiary alicyclic amines) is 1. The van der Waals surface area contributed by atoms with Gasteiger partial charge >= 0.3 is 0 Å². The Kier molecular flexibility index (Phi) is 4.46. The minimum atomic E-state index is 0. The molecule has 0 amide bonds. The van der Waals surface area contributed by atoms with Crippen molar-refractivity contribution in [1.82, 2.24) is 10.2 Å². The van der Waals surface area contributed by atoms with Crippen LogP contribution in [0.25, 0.3) is 0 Å². The predicted molar refractivity (Wildman–Crippen MR) is 57.3 cm³/mol. The summed E-state index contributed by atoms with van der Waals surface area (Å²) >= 11 is 0. The summed E-state index contributed by atoms with van der Waals surface area (Å²) in [6.45, 7) is 4.75. The molecule has 3 N–H and O–H groups in total. The zero-order chi connectivity index (χ0) is 8.39. The molecule has 0 unspecified atom stereocenters. The van der Waals surface area contributed by atoms with E-state index in [1.807, 2.05) is 0 Å². The lowest BCUT2D eigenvalue weighted by molar-refractivity contribution is 0.299. The Morgan fingerprint density at radius 1 is 1.38 bits per heavy atom. The van der Waals surface area contributed by atoms with Gasteiger partial charge in [0.2, 0.25) is 0 Å². The van der Waals surface area contributed by atoms with E-state index in [1.54, 1.807) is 0 Å². The van der Waals surface area contributed by atoms with Gasteiger partial charge in [0.1, 0.15) is 0 Å². The van der Waals surface area contributed by atoms with Crippen molar-refractivity contribution in [2.75, 3.05) is 26.2 Å². The summed E-state index contributed by atoms with van der Waals surface area (Å²) in [4.78, 5) is 2.49. The van der Waals surface area contributed by atoms with Crippen LogP contribution in [-0.4, -0.2) is 43.2 Å². The van der Waals surface area contributed by atoms with E-state index >= 15 is 0 Å². The number of halogens is 1. The zero-order valence-electron chi connectivity index (χ0n) is 8.04. The van der Waals surface area contributed by atoms with Crippen molar-refractivity contribution in [3.8, 4) is 0 Å². The first kappa shape index (κ1) is 11.2. The van der Waals surface area contributed by atoms with Crippen LogP contribution in [0.1, 0.15) is 19.3 Å². The maximum atomic E-state index is 5.84. The average Bonchev–Trinajstić information content (AvgIpc) is 2.63. The summed E-state index contributed by atoms with van der Waals surface area (Å²) < 4.78 is 0. The van der Waals surface area contributed by atoms with Crippen molar-refractivity contribution in [1.29, 1.82) is 0 Å². The maximum Gasteiger partial charge on any atom is 0.0195 e. The molecule has 0 aliphatic carbocycles. The molecule has 78 valence electrons. The Bertz CT molecular complexity index is 148. The Balaban J connectivity index is 0.000000845. The van der Waals surface area contributed by atoms with E-state index in [1.165, 1.54) is 38.9 Å². The number of hydrogen-bond acceptors (Lipinski definition) is 3. The molecule has 2 rings (SSSR count).